The highest BCUT2D eigenvalue weighted by molar-refractivity contribution is 7.89. The van der Waals surface area contributed by atoms with E-state index >= 15 is 0 Å². The van der Waals surface area contributed by atoms with Crippen LogP contribution in [-0.4, -0.2) is 61.6 Å². The highest BCUT2D eigenvalue weighted by Gasteiger charge is 2.45. The smallest absolute Gasteiger partial charge is 0.410 e. The molecule has 0 spiro atoms. The molecule has 3 fully saturated rings. The predicted octanol–water partition coefficient (Wildman–Crippen LogP) is 3.08. The summed E-state index contributed by atoms with van der Waals surface area (Å²) in [5.41, 5.74) is -0.744. The average Bonchev–Trinajstić information content (AvgIpc) is 3.61. The first-order chi connectivity index (χ1) is 15.7. The van der Waals surface area contributed by atoms with E-state index in [-0.39, 0.29) is 16.4 Å². The van der Waals surface area contributed by atoms with Crippen LogP contribution in [0.25, 0.3) is 0 Å². The highest BCUT2D eigenvalue weighted by Crippen LogP contribution is 2.36. The summed E-state index contributed by atoms with van der Waals surface area (Å²) in [5, 5.41) is 6.31. The van der Waals surface area contributed by atoms with Crippen LogP contribution in [0.2, 0.25) is 0 Å². The number of hydrogen-bond acceptors (Lipinski definition) is 6. The zero-order chi connectivity index (χ0) is 24.9. The number of amides is 2. The summed E-state index contributed by atoms with van der Waals surface area (Å²) in [6.45, 7) is 10.5. The van der Waals surface area contributed by atoms with Crippen LogP contribution in [0.3, 0.4) is 0 Å². The molecule has 0 bridgehead atoms. The number of likely N-dealkylation sites (tertiary alicyclic amines) is 1. The Balaban J connectivity index is 1.49. The van der Waals surface area contributed by atoms with Gasteiger partial charge in [-0.25, -0.2) is 17.9 Å². The van der Waals surface area contributed by atoms with E-state index in [1.54, 1.807) is 31.7 Å². The van der Waals surface area contributed by atoms with Gasteiger partial charge in [0.05, 0.1) is 16.0 Å². The second-order valence-electron chi connectivity index (χ2n) is 11.5. The van der Waals surface area contributed by atoms with Crippen LogP contribution in [0.4, 0.5) is 10.5 Å². The number of carbonyl (C=O) groups is 2. The zero-order valence-electron chi connectivity index (χ0n) is 20.7. The van der Waals surface area contributed by atoms with Crippen molar-refractivity contribution in [3.8, 4) is 0 Å². The van der Waals surface area contributed by atoms with Gasteiger partial charge in [0, 0.05) is 30.9 Å². The first-order valence-electron chi connectivity index (χ1n) is 11.9. The maximum atomic E-state index is 13.3. The van der Waals surface area contributed by atoms with Gasteiger partial charge in [0.1, 0.15) is 5.60 Å². The van der Waals surface area contributed by atoms with Gasteiger partial charge in [-0.2, -0.15) is 0 Å². The molecule has 188 valence electrons. The van der Waals surface area contributed by atoms with E-state index in [0.29, 0.717) is 24.7 Å². The Morgan fingerprint density at radius 1 is 1.12 bits per heavy atom. The van der Waals surface area contributed by atoms with Gasteiger partial charge in [-0.05, 0) is 84.4 Å². The normalized spacial score (nSPS) is 20.8. The molecule has 1 aromatic carbocycles. The minimum absolute atomic E-state index is 0.0666. The van der Waals surface area contributed by atoms with E-state index in [1.807, 2.05) is 13.8 Å². The van der Waals surface area contributed by atoms with Gasteiger partial charge in [-0.1, -0.05) is 0 Å². The van der Waals surface area contributed by atoms with Gasteiger partial charge in [-0.15, -0.1) is 0 Å². The molecule has 0 atom stereocenters. The Hall–Kier alpha value is -2.33. The van der Waals surface area contributed by atoms with Gasteiger partial charge in [0.15, 0.2) is 0 Å². The summed E-state index contributed by atoms with van der Waals surface area (Å²) in [6.07, 6.45) is 3.49. The molecule has 0 unspecified atom stereocenters. The standard InChI is InChI=1S/C24H36N4O5S/c1-22(2,3)33-21(30)28-14-24(5,15-28)26-20(29)18-12-17(34(31,32)27-23(4)10-11-23)8-9-19(18)25-13-16-6-7-16/h8-9,12,16,25,27H,6-7,10-11,13-15H2,1-5H3,(H,26,29). The minimum Gasteiger partial charge on any atom is -0.444 e. The van der Waals surface area contributed by atoms with Crippen molar-refractivity contribution < 1.29 is 22.7 Å². The number of nitrogens with zero attached hydrogens (tertiary/aromatic N) is 1. The van der Waals surface area contributed by atoms with Crippen molar-refractivity contribution in [1.82, 2.24) is 14.9 Å². The van der Waals surface area contributed by atoms with E-state index < -0.39 is 32.8 Å². The van der Waals surface area contributed by atoms with E-state index in [2.05, 4.69) is 15.4 Å². The number of nitrogens with one attached hydrogen (secondary N) is 3. The topological polar surface area (TPSA) is 117 Å². The lowest BCUT2D eigenvalue weighted by Gasteiger charge is -2.48. The average molecular weight is 493 g/mol. The van der Waals surface area contributed by atoms with Crippen molar-refractivity contribution in [3.63, 3.8) is 0 Å². The SMILES string of the molecule is CC1(NC(=O)c2cc(S(=O)(=O)NC3(C)CC3)ccc2NCC2CC2)CN(C(=O)OC(C)(C)C)C1. The Kier molecular flexibility index (Phi) is 6.13. The molecule has 2 amide bonds. The molecule has 0 radical (unpaired) electrons. The lowest BCUT2D eigenvalue weighted by molar-refractivity contribution is -0.0115. The number of hydrogen-bond donors (Lipinski definition) is 3. The summed E-state index contributed by atoms with van der Waals surface area (Å²) in [6, 6.07) is 4.64. The summed E-state index contributed by atoms with van der Waals surface area (Å²) in [5.74, 6) is 0.210. The van der Waals surface area contributed by atoms with Crippen molar-refractivity contribution in [2.45, 2.75) is 81.9 Å². The molecule has 0 aromatic heterocycles. The molecule has 1 saturated heterocycles. The summed E-state index contributed by atoms with van der Waals surface area (Å²) in [7, 11) is -3.75. The van der Waals surface area contributed by atoms with Crippen molar-refractivity contribution in [2.75, 3.05) is 25.0 Å². The molecule has 2 aliphatic carbocycles. The Labute approximate surface area is 202 Å². The molecule has 1 heterocycles. The molecular weight excluding hydrogens is 456 g/mol. The summed E-state index contributed by atoms with van der Waals surface area (Å²) < 4.78 is 34.0. The Morgan fingerprint density at radius 3 is 2.32 bits per heavy atom. The molecule has 34 heavy (non-hydrogen) atoms. The third-order valence-electron chi connectivity index (χ3n) is 6.35. The fourth-order valence-electron chi connectivity index (χ4n) is 3.95. The van der Waals surface area contributed by atoms with Crippen LogP contribution in [-0.2, 0) is 14.8 Å². The predicted molar refractivity (Wildman–Crippen MR) is 129 cm³/mol. The first-order valence-corrected chi connectivity index (χ1v) is 13.4. The lowest BCUT2D eigenvalue weighted by atomic mass is 9.92. The molecule has 4 rings (SSSR count). The third kappa shape index (κ3) is 6.02. The monoisotopic (exact) mass is 492 g/mol. The van der Waals surface area contributed by atoms with Gasteiger partial charge in [0.2, 0.25) is 10.0 Å². The largest absolute Gasteiger partial charge is 0.444 e. The molecule has 1 aromatic rings. The van der Waals surface area contributed by atoms with Gasteiger partial charge >= 0.3 is 6.09 Å². The van der Waals surface area contributed by atoms with Crippen LogP contribution in [0.5, 0.6) is 0 Å². The minimum atomic E-state index is -3.75. The van der Waals surface area contributed by atoms with Crippen LogP contribution < -0.4 is 15.4 Å². The van der Waals surface area contributed by atoms with E-state index in [4.69, 9.17) is 4.74 Å². The Bertz CT molecular complexity index is 1080. The third-order valence-corrected chi connectivity index (χ3v) is 7.99. The quantitative estimate of drug-likeness (QED) is 0.514. The molecule has 3 aliphatic rings. The molecule has 2 saturated carbocycles. The van der Waals surface area contributed by atoms with E-state index in [9.17, 15) is 18.0 Å². The number of rotatable bonds is 8. The van der Waals surface area contributed by atoms with Crippen molar-refractivity contribution in [3.05, 3.63) is 23.8 Å². The molecule has 3 N–H and O–H groups in total. The number of sulfonamides is 1. The summed E-state index contributed by atoms with van der Waals surface area (Å²) in [4.78, 5) is 27.2. The molecule has 1 aliphatic heterocycles. The van der Waals surface area contributed by atoms with E-state index in [1.165, 1.54) is 12.1 Å². The van der Waals surface area contributed by atoms with Crippen LogP contribution in [0.15, 0.2) is 23.1 Å². The highest BCUT2D eigenvalue weighted by atomic mass is 32.2. The second-order valence-corrected chi connectivity index (χ2v) is 13.2. The fraction of sp³-hybridized carbons (Fsp3) is 0.667. The maximum absolute atomic E-state index is 13.3. The number of anilines is 1. The van der Waals surface area contributed by atoms with Crippen LogP contribution >= 0.6 is 0 Å². The molecule has 9 nitrogen and oxygen atoms in total. The zero-order valence-corrected chi connectivity index (χ0v) is 21.5. The molecular formula is C24H36N4O5S. The van der Waals surface area contributed by atoms with Crippen LogP contribution in [0, 0.1) is 5.92 Å². The number of carbonyl (C=O) groups excluding carboxylic acids is 2. The van der Waals surface area contributed by atoms with Gasteiger partial charge in [-0.3, -0.25) is 4.79 Å². The van der Waals surface area contributed by atoms with Gasteiger partial charge < -0.3 is 20.3 Å². The van der Waals surface area contributed by atoms with Crippen molar-refractivity contribution in [2.24, 2.45) is 5.92 Å². The van der Waals surface area contributed by atoms with Crippen LogP contribution in [0.1, 0.15) is 70.7 Å². The van der Waals surface area contributed by atoms with E-state index in [0.717, 1.165) is 32.2 Å². The number of benzene rings is 1. The van der Waals surface area contributed by atoms with Crippen molar-refractivity contribution >= 4 is 27.7 Å². The first kappa shape index (κ1) is 24.8. The second kappa shape index (κ2) is 8.41. The fourth-order valence-corrected chi connectivity index (χ4v) is 5.44. The van der Waals surface area contributed by atoms with Crippen molar-refractivity contribution in [1.29, 1.82) is 0 Å². The molecule has 10 heteroatoms. The van der Waals surface area contributed by atoms with Gasteiger partial charge in [0.25, 0.3) is 5.91 Å². The lowest BCUT2D eigenvalue weighted by Crippen LogP contribution is -2.70. The number of ether oxygens (including phenoxy) is 1. The summed E-state index contributed by atoms with van der Waals surface area (Å²) >= 11 is 0. The Morgan fingerprint density at radius 2 is 1.76 bits per heavy atom. The maximum Gasteiger partial charge on any atom is 0.410 e.